The number of esters is 1. The SMILES string of the molecule is CC=CCCC(F)C(=O)OC. The quantitative estimate of drug-likeness (QED) is 0.463. The van der Waals surface area contributed by atoms with Gasteiger partial charge in [-0.05, 0) is 19.8 Å². The predicted molar refractivity (Wildman–Crippen MR) is 41.0 cm³/mol. The van der Waals surface area contributed by atoms with Gasteiger partial charge < -0.3 is 4.74 Å². The lowest BCUT2D eigenvalue weighted by Gasteiger charge is -2.02. The van der Waals surface area contributed by atoms with Gasteiger partial charge in [0.25, 0.3) is 0 Å². The van der Waals surface area contributed by atoms with Gasteiger partial charge >= 0.3 is 5.97 Å². The largest absolute Gasteiger partial charge is 0.467 e. The molecule has 0 heterocycles. The molecule has 11 heavy (non-hydrogen) atoms. The number of hydrogen-bond acceptors (Lipinski definition) is 2. The van der Waals surface area contributed by atoms with E-state index >= 15 is 0 Å². The fraction of sp³-hybridized carbons (Fsp3) is 0.625. The van der Waals surface area contributed by atoms with Crippen LogP contribution in [0.2, 0.25) is 0 Å². The van der Waals surface area contributed by atoms with Crippen LogP contribution >= 0.6 is 0 Å². The van der Waals surface area contributed by atoms with Crippen LogP contribution in [-0.2, 0) is 9.53 Å². The molecule has 0 aromatic heterocycles. The van der Waals surface area contributed by atoms with Crippen molar-refractivity contribution in [1.82, 2.24) is 0 Å². The van der Waals surface area contributed by atoms with Crippen LogP contribution < -0.4 is 0 Å². The number of carbonyl (C=O) groups excluding carboxylic acids is 1. The molecule has 0 rings (SSSR count). The van der Waals surface area contributed by atoms with Crippen molar-refractivity contribution < 1.29 is 13.9 Å². The topological polar surface area (TPSA) is 26.3 Å². The summed E-state index contributed by atoms with van der Waals surface area (Å²) >= 11 is 0. The average molecular weight is 160 g/mol. The summed E-state index contributed by atoms with van der Waals surface area (Å²) in [6.07, 6.45) is 2.94. The molecule has 3 heteroatoms. The average Bonchev–Trinajstić information content (AvgIpc) is 2.03. The lowest BCUT2D eigenvalue weighted by atomic mass is 10.2. The van der Waals surface area contributed by atoms with E-state index < -0.39 is 12.1 Å². The van der Waals surface area contributed by atoms with Gasteiger partial charge in [-0.15, -0.1) is 0 Å². The van der Waals surface area contributed by atoms with Gasteiger partial charge in [-0.1, -0.05) is 12.2 Å². The van der Waals surface area contributed by atoms with E-state index in [1.807, 2.05) is 19.1 Å². The smallest absolute Gasteiger partial charge is 0.340 e. The minimum Gasteiger partial charge on any atom is -0.467 e. The molecule has 0 fully saturated rings. The predicted octanol–water partition coefficient (Wildman–Crippen LogP) is 1.85. The van der Waals surface area contributed by atoms with Crippen LogP contribution in [0.3, 0.4) is 0 Å². The molecule has 0 aliphatic carbocycles. The molecule has 0 spiro atoms. The zero-order valence-electron chi connectivity index (χ0n) is 6.84. The van der Waals surface area contributed by atoms with Gasteiger partial charge in [-0.25, -0.2) is 9.18 Å². The van der Waals surface area contributed by atoms with E-state index in [2.05, 4.69) is 4.74 Å². The van der Waals surface area contributed by atoms with Crippen LogP contribution in [0.1, 0.15) is 19.8 Å². The Bertz CT molecular complexity index is 143. The number of carbonyl (C=O) groups is 1. The standard InChI is InChI=1S/C8H13FO2/c1-3-4-5-6-7(9)8(10)11-2/h3-4,7H,5-6H2,1-2H3. The summed E-state index contributed by atoms with van der Waals surface area (Å²) in [5, 5.41) is 0. The highest BCUT2D eigenvalue weighted by molar-refractivity contribution is 5.74. The molecular weight excluding hydrogens is 147 g/mol. The zero-order valence-corrected chi connectivity index (χ0v) is 6.84. The molecule has 1 atom stereocenters. The highest BCUT2D eigenvalue weighted by Crippen LogP contribution is 2.04. The first-order valence-electron chi connectivity index (χ1n) is 3.55. The van der Waals surface area contributed by atoms with Gasteiger partial charge in [0.15, 0.2) is 6.17 Å². The minimum atomic E-state index is -1.48. The minimum absolute atomic E-state index is 0.205. The Morgan fingerprint density at radius 1 is 1.73 bits per heavy atom. The van der Waals surface area contributed by atoms with Gasteiger partial charge in [-0.2, -0.15) is 0 Å². The van der Waals surface area contributed by atoms with Gasteiger partial charge in [0.05, 0.1) is 7.11 Å². The second-order valence-electron chi connectivity index (χ2n) is 2.14. The number of rotatable bonds is 4. The molecule has 0 radical (unpaired) electrons. The summed E-state index contributed by atoms with van der Waals surface area (Å²) in [6, 6.07) is 0. The maximum atomic E-state index is 12.6. The molecule has 0 amide bonds. The number of hydrogen-bond donors (Lipinski definition) is 0. The Morgan fingerprint density at radius 3 is 2.82 bits per heavy atom. The third-order valence-corrected chi connectivity index (χ3v) is 1.28. The molecule has 0 aromatic carbocycles. The van der Waals surface area contributed by atoms with E-state index in [0.717, 1.165) is 0 Å². The van der Waals surface area contributed by atoms with Crippen LogP contribution in [0.4, 0.5) is 4.39 Å². The summed E-state index contributed by atoms with van der Waals surface area (Å²) in [5.74, 6) is -0.783. The van der Waals surface area contributed by atoms with Crippen molar-refractivity contribution in [1.29, 1.82) is 0 Å². The van der Waals surface area contributed by atoms with Crippen LogP contribution in [0.25, 0.3) is 0 Å². The van der Waals surface area contributed by atoms with Gasteiger partial charge in [0, 0.05) is 0 Å². The molecule has 0 aliphatic heterocycles. The Labute approximate surface area is 66.0 Å². The summed E-state index contributed by atoms with van der Waals surface area (Å²) in [5.41, 5.74) is 0. The Balaban J connectivity index is 3.51. The van der Waals surface area contributed by atoms with Crippen LogP contribution in [0.15, 0.2) is 12.2 Å². The first kappa shape index (κ1) is 10.1. The Morgan fingerprint density at radius 2 is 2.36 bits per heavy atom. The van der Waals surface area contributed by atoms with E-state index in [9.17, 15) is 9.18 Å². The molecule has 0 aliphatic rings. The molecule has 2 nitrogen and oxygen atoms in total. The monoisotopic (exact) mass is 160 g/mol. The third kappa shape index (κ3) is 4.53. The number of halogens is 1. The Hall–Kier alpha value is -0.860. The van der Waals surface area contributed by atoms with Crippen molar-refractivity contribution in [2.24, 2.45) is 0 Å². The van der Waals surface area contributed by atoms with E-state index in [1.165, 1.54) is 7.11 Å². The maximum absolute atomic E-state index is 12.6. The lowest BCUT2D eigenvalue weighted by Crippen LogP contribution is -2.16. The van der Waals surface area contributed by atoms with Crippen LogP contribution in [0.5, 0.6) is 0 Å². The summed E-state index contributed by atoms with van der Waals surface area (Å²) in [6.45, 7) is 1.85. The molecule has 64 valence electrons. The number of methoxy groups -OCH3 is 1. The van der Waals surface area contributed by atoms with Crippen molar-refractivity contribution in [2.45, 2.75) is 25.9 Å². The number of alkyl halides is 1. The van der Waals surface area contributed by atoms with Gasteiger partial charge in [0.2, 0.25) is 0 Å². The molecule has 0 bridgehead atoms. The first-order chi connectivity index (χ1) is 5.22. The highest BCUT2D eigenvalue weighted by Gasteiger charge is 2.15. The first-order valence-corrected chi connectivity index (χ1v) is 3.55. The van der Waals surface area contributed by atoms with Gasteiger partial charge in [-0.3, -0.25) is 0 Å². The lowest BCUT2D eigenvalue weighted by molar-refractivity contribution is -0.146. The molecule has 0 aromatic rings. The van der Waals surface area contributed by atoms with E-state index in [-0.39, 0.29) is 6.42 Å². The van der Waals surface area contributed by atoms with Crippen molar-refractivity contribution >= 4 is 5.97 Å². The molecule has 0 N–H and O–H groups in total. The fourth-order valence-electron chi connectivity index (χ4n) is 0.655. The van der Waals surface area contributed by atoms with Crippen molar-refractivity contribution in [3.63, 3.8) is 0 Å². The Kier molecular flexibility index (Phi) is 5.43. The molecule has 0 saturated carbocycles. The fourth-order valence-corrected chi connectivity index (χ4v) is 0.655. The van der Waals surface area contributed by atoms with E-state index in [0.29, 0.717) is 6.42 Å². The second-order valence-corrected chi connectivity index (χ2v) is 2.14. The summed E-state index contributed by atoms with van der Waals surface area (Å²) in [7, 11) is 1.19. The molecular formula is C8H13FO2. The zero-order chi connectivity index (χ0) is 8.69. The van der Waals surface area contributed by atoms with Crippen LogP contribution in [-0.4, -0.2) is 19.3 Å². The van der Waals surface area contributed by atoms with E-state index in [4.69, 9.17) is 0 Å². The number of allylic oxidation sites excluding steroid dienone is 2. The van der Waals surface area contributed by atoms with Crippen molar-refractivity contribution in [3.8, 4) is 0 Å². The second kappa shape index (κ2) is 5.89. The van der Waals surface area contributed by atoms with Crippen molar-refractivity contribution in [2.75, 3.05) is 7.11 Å². The maximum Gasteiger partial charge on any atom is 0.340 e. The molecule has 1 unspecified atom stereocenters. The third-order valence-electron chi connectivity index (χ3n) is 1.28. The summed E-state index contributed by atoms with van der Waals surface area (Å²) < 4.78 is 16.8. The van der Waals surface area contributed by atoms with Crippen LogP contribution in [0, 0.1) is 0 Å². The molecule has 0 saturated heterocycles. The summed E-state index contributed by atoms with van der Waals surface area (Å²) in [4.78, 5) is 10.5. The van der Waals surface area contributed by atoms with Gasteiger partial charge in [0.1, 0.15) is 0 Å². The van der Waals surface area contributed by atoms with Crippen molar-refractivity contribution in [3.05, 3.63) is 12.2 Å². The normalized spacial score (nSPS) is 13.4. The van der Waals surface area contributed by atoms with E-state index in [1.54, 1.807) is 0 Å². The number of ether oxygens (including phenoxy) is 1. The highest BCUT2D eigenvalue weighted by atomic mass is 19.1.